The molecule has 0 aliphatic rings. The maximum Gasteiger partial charge on any atom is 0.225 e. The Morgan fingerprint density at radius 3 is 2.70 bits per heavy atom. The second-order valence-electron chi connectivity index (χ2n) is 2.13. The molecule has 0 aliphatic heterocycles. The molecule has 58 valence electrons. The predicted octanol–water partition coefficient (Wildman–Crippen LogP) is 2.77. The second kappa shape index (κ2) is 5.13. The summed E-state index contributed by atoms with van der Waals surface area (Å²) in [6.45, 7) is 5.41. The molecule has 0 N–H and O–H groups in total. The van der Waals surface area contributed by atoms with Gasteiger partial charge in [-0.2, -0.15) is 0 Å². The zero-order valence-corrected chi connectivity index (χ0v) is 8.72. The molecule has 0 bridgehead atoms. The Kier molecular flexibility index (Phi) is 5.35. The molecule has 0 aromatic carbocycles. The van der Waals surface area contributed by atoms with Crippen LogP contribution in [0.2, 0.25) is 0 Å². The molecule has 1 nitrogen and oxygen atoms in total. The zero-order valence-electron chi connectivity index (χ0n) is 5.81. The van der Waals surface area contributed by atoms with Crippen molar-refractivity contribution < 1.29 is 4.79 Å². The topological polar surface area (TPSA) is 17.1 Å². The first-order chi connectivity index (χ1) is 4.59. The van der Waals surface area contributed by atoms with Crippen LogP contribution < -0.4 is 0 Å². The van der Waals surface area contributed by atoms with Crippen LogP contribution in [-0.4, -0.2) is 9.17 Å². The summed E-state index contributed by atoms with van der Waals surface area (Å²) in [6, 6.07) is 0. The lowest BCUT2D eigenvalue weighted by Gasteiger charge is -2.10. The minimum atomic E-state index is -0.263. The van der Waals surface area contributed by atoms with Crippen molar-refractivity contribution in [2.75, 3.05) is 0 Å². The highest BCUT2D eigenvalue weighted by Crippen LogP contribution is 2.19. The molecule has 2 unspecified atom stereocenters. The van der Waals surface area contributed by atoms with Crippen LogP contribution in [0.4, 0.5) is 0 Å². The van der Waals surface area contributed by atoms with E-state index in [0.29, 0.717) is 0 Å². The van der Waals surface area contributed by atoms with E-state index in [2.05, 4.69) is 29.2 Å². The van der Waals surface area contributed by atoms with E-state index in [1.54, 1.807) is 6.08 Å². The number of hydrogen-bond donors (Lipinski definition) is 0. The first-order valence-electron chi connectivity index (χ1n) is 3.04. The van der Waals surface area contributed by atoms with Gasteiger partial charge >= 0.3 is 0 Å². The lowest BCUT2D eigenvalue weighted by Crippen LogP contribution is -2.15. The monoisotopic (exact) mass is 272 g/mol. The third kappa shape index (κ3) is 3.56. The zero-order chi connectivity index (χ0) is 8.15. The van der Waals surface area contributed by atoms with Gasteiger partial charge in [-0.15, -0.1) is 6.58 Å². The minimum Gasteiger partial charge on any atom is -0.281 e. The van der Waals surface area contributed by atoms with Gasteiger partial charge in [-0.25, -0.2) is 0 Å². The van der Waals surface area contributed by atoms with Crippen molar-refractivity contribution in [3.8, 4) is 0 Å². The summed E-state index contributed by atoms with van der Waals surface area (Å²) in [6.07, 6.45) is 2.63. The molecule has 3 heteroatoms. The molecule has 0 rings (SSSR count). The van der Waals surface area contributed by atoms with Crippen LogP contribution in [0, 0.1) is 5.92 Å². The molecule has 0 saturated heterocycles. The summed E-state index contributed by atoms with van der Waals surface area (Å²) in [5.74, 6) is -0.0692. The van der Waals surface area contributed by atoms with Gasteiger partial charge in [-0.1, -0.05) is 35.6 Å². The number of rotatable bonds is 4. The van der Waals surface area contributed by atoms with Crippen molar-refractivity contribution in [3.63, 3.8) is 0 Å². The molecular weight excluding hydrogens is 262 g/mol. The second-order valence-corrected chi connectivity index (χ2v) is 4.11. The van der Waals surface area contributed by atoms with E-state index >= 15 is 0 Å². The predicted molar refractivity (Wildman–Crippen MR) is 52.6 cm³/mol. The van der Waals surface area contributed by atoms with Crippen molar-refractivity contribution in [3.05, 3.63) is 12.7 Å². The number of carbonyl (C=O) groups excluding carboxylic acids is 1. The van der Waals surface area contributed by atoms with Gasteiger partial charge in [0.05, 0.1) is 0 Å². The van der Waals surface area contributed by atoms with Gasteiger partial charge in [-0.05, 0) is 18.0 Å². The van der Waals surface area contributed by atoms with Gasteiger partial charge in [0.1, 0.15) is 0 Å². The van der Waals surface area contributed by atoms with Gasteiger partial charge in [-0.3, -0.25) is 4.79 Å². The van der Waals surface area contributed by atoms with E-state index in [-0.39, 0.29) is 15.1 Å². The molecule has 0 amide bonds. The van der Waals surface area contributed by atoms with Crippen molar-refractivity contribution in [2.45, 2.75) is 17.3 Å². The van der Waals surface area contributed by atoms with E-state index in [1.807, 2.05) is 6.92 Å². The van der Waals surface area contributed by atoms with E-state index in [0.717, 1.165) is 6.42 Å². The summed E-state index contributed by atoms with van der Waals surface area (Å²) in [5, 5.41) is -0.263. The van der Waals surface area contributed by atoms with Crippen molar-refractivity contribution in [1.82, 2.24) is 0 Å². The smallest absolute Gasteiger partial charge is 0.225 e. The Hall–Kier alpha value is 0.430. The molecule has 2 atom stereocenters. The summed E-state index contributed by atoms with van der Waals surface area (Å²) in [7, 11) is 0. The summed E-state index contributed by atoms with van der Waals surface area (Å²) >= 11 is 7.49. The normalized spacial score (nSPS) is 15.9. The Labute approximate surface area is 80.0 Å². The Balaban J connectivity index is 3.80. The standard InChI is InChI=1S/C7H10ClIO/c1-3-4-6(9)5(2)7(8)10/h3,5-6H,1,4H2,2H3. The molecule has 0 radical (unpaired) electrons. The van der Waals surface area contributed by atoms with E-state index in [1.165, 1.54) is 0 Å². The lowest BCUT2D eigenvalue weighted by atomic mass is 10.1. The Morgan fingerprint density at radius 2 is 2.40 bits per heavy atom. The van der Waals surface area contributed by atoms with Crippen LogP contribution in [0.25, 0.3) is 0 Å². The third-order valence-electron chi connectivity index (χ3n) is 1.29. The molecular formula is C7H10ClIO. The maximum atomic E-state index is 10.6. The van der Waals surface area contributed by atoms with Crippen LogP contribution in [0.15, 0.2) is 12.7 Å². The molecule has 0 aromatic rings. The van der Waals surface area contributed by atoms with Crippen LogP contribution in [0.5, 0.6) is 0 Å². The highest BCUT2D eigenvalue weighted by Gasteiger charge is 2.17. The molecule has 0 heterocycles. The number of alkyl halides is 1. The fraction of sp³-hybridized carbons (Fsp3) is 0.571. The molecule has 0 aliphatic carbocycles. The molecule has 0 fully saturated rings. The van der Waals surface area contributed by atoms with Gasteiger partial charge in [0.25, 0.3) is 0 Å². The Bertz CT molecular complexity index is 136. The fourth-order valence-electron chi connectivity index (χ4n) is 0.506. The average molecular weight is 273 g/mol. The van der Waals surface area contributed by atoms with E-state index in [9.17, 15) is 4.79 Å². The Morgan fingerprint density at radius 1 is 1.90 bits per heavy atom. The molecule has 0 spiro atoms. The lowest BCUT2D eigenvalue weighted by molar-refractivity contribution is -0.114. The first-order valence-corrected chi connectivity index (χ1v) is 4.66. The molecule has 10 heavy (non-hydrogen) atoms. The van der Waals surface area contributed by atoms with Gasteiger partial charge < -0.3 is 0 Å². The minimum absolute atomic E-state index is 0.0692. The van der Waals surface area contributed by atoms with E-state index < -0.39 is 0 Å². The van der Waals surface area contributed by atoms with Crippen molar-refractivity contribution in [1.29, 1.82) is 0 Å². The number of hydrogen-bond acceptors (Lipinski definition) is 1. The fourth-order valence-corrected chi connectivity index (χ4v) is 1.56. The highest BCUT2D eigenvalue weighted by atomic mass is 127. The van der Waals surface area contributed by atoms with Gasteiger partial charge in [0.15, 0.2) is 0 Å². The maximum absolute atomic E-state index is 10.6. The van der Waals surface area contributed by atoms with Crippen LogP contribution in [-0.2, 0) is 4.79 Å². The SMILES string of the molecule is C=CCC(I)C(C)C(=O)Cl. The first kappa shape index (κ1) is 10.4. The number of carbonyl (C=O) groups is 1. The van der Waals surface area contributed by atoms with Crippen LogP contribution >= 0.6 is 34.2 Å². The molecule has 0 saturated carbocycles. The third-order valence-corrected chi connectivity index (χ3v) is 3.22. The van der Waals surface area contributed by atoms with Crippen LogP contribution in [0.3, 0.4) is 0 Å². The van der Waals surface area contributed by atoms with Crippen molar-refractivity contribution >= 4 is 39.4 Å². The van der Waals surface area contributed by atoms with Crippen molar-refractivity contribution in [2.24, 2.45) is 5.92 Å². The largest absolute Gasteiger partial charge is 0.281 e. The quantitative estimate of drug-likeness (QED) is 0.333. The van der Waals surface area contributed by atoms with E-state index in [4.69, 9.17) is 11.6 Å². The average Bonchev–Trinajstić information content (AvgIpc) is 1.87. The summed E-state index contributed by atoms with van der Waals surface area (Å²) in [5.41, 5.74) is 0. The number of halogens is 2. The summed E-state index contributed by atoms with van der Waals surface area (Å²) < 4.78 is 0.278. The van der Waals surface area contributed by atoms with Gasteiger partial charge in [0.2, 0.25) is 5.24 Å². The number of allylic oxidation sites excluding steroid dienone is 1. The summed E-state index contributed by atoms with van der Waals surface area (Å²) in [4.78, 5) is 10.6. The highest BCUT2D eigenvalue weighted by molar-refractivity contribution is 14.1. The van der Waals surface area contributed by atoms with Crippen LogP contribution in [0.1, 0.15) is 13.3 Å². The molecule has 0 aromatic heterocycles. The van der Waals surface area contributed by atoms with Gasteiger partial charge in [0, 0.05) is 9.84 Å².